The van der Waals surface area contributed by atoms with Crippen molar-refractivity contribution < 1.29 is 18.9 Å². The van der Waals surface area contributed by atoms with Crippen LogP contribution in [0.4, 0.5) is 0 Å². The van der Waals surface area contributed by atoms with Gasteiger partial charge in [0.2, 0.25) is 0 Å². The first-order valence-electron chi connectivity index (χ1n) is 10.3. The Balaban J connectivity index is 2.07. The molecule has 0 N–H and O–H groups in total. The standard InChI is InChI=1S/C28H24N2O4/c1-31-25-9-5-19(6-10-25)23(17-29)13-21-15-28(34-4)22(16-27(21)33-3)14-24(18-30)20-7-11-26(32-2)12-8-20/h5-16H,1-4H3/b23-13-,24-14+. The molecule has 0 aliphatic carbocycles. The zero-order valence-corrected chi connectivity index (χ0v) is 19.5. The molecular weight excluding hydrogens is 428 g/mol. The van der Waals surface area contributed by atoms with E-state index in [1.807, 2.05) is 24.3 Å². The van der Waals surface area contributed by atoms with Crippen LogP contribution in [0.25, 0.3) is 23.3 Å². The zero-order valence-electron chi connectivity index (χ0n) is 19.5. The topological polar surface area (TPSA) is 84.5 Å². The molecule has 3 aromatic rings. The fourth-order valence-electron chi connectivity index (χ4n) is 3.38. The fourth-order valence-corrected chi connectivity index (χ4v) is 3.38. The van der Waals surface area contributed by atoms with E-state index in [2.05, 4.69) is 12.1 Å². The van der Waals surface area contributed by atoms with Crippen molar-refractivity contribution >= 4 is 23.3 Å². The van der Waals surface area contributed by atoms with Crippen LogP contribution in [0.3, 0.4) is 0 Å². The molecule has 6 nitrogen and oxygen atoms in total. The van der Waals surface area contributed by atoms with Gasteiger partial charge in [-0.15, -0.1) is 0 Å². The average molecular weight is 453 g/mol. The smallest absolute Gasteiger partial charge is 0.126 e. The molecule has 3 rings (SSSR count). The lowest BCUT2D eigenvalue weighted by Crippen LogP contribution is -1.95. The Morgan fingerprint density at radius 1 is 0.588 bits per heavy atom. The number of hydrogen-bond donors (Lipinski definition) is 0. The van der Waals surface area contributed by atoms with Gasteiger partial charge in [0, 0.05) is 11.1 Å². The van der Waals surface area contributed by atoms with Crippen molar-refractivity contribution in [2.24, 2.45) is 0 Å². The van der Waals surface area contributed by atoms with Crippen molar-refractivity contribution in [1.82, 2.24) is 0 Å². The van der Waals surface area contributed by atoms with Gasteiger partial charge in [0.25, 0.3) is 0 Å². The van der Waals surface area contributed by atoms with Crippen LogP contribution >= 0.6 is 0 Å². The van der Waals surface area contributed by atoms with Gasteiger partial charge in [-0.1, -0.05) is 0 Å². The van der Waals surface area contributed by atoms with Crippen molar-refractivity contribution in [3.63, 3.8) is 0 Å². The molecule has 6 heteroatoms. The number of ether oxygens (including phenoxy) is 4. The van der Waals surface area contributed by atoms with Crippen molar-refractivity contribution in [3.05, 3.63) is 82.9 Å². The molecule has 0 atom stereocenters. The summed E-state index contributed by atoms with van der Waals surface area (Å²) in [5.74, 6) is 2.50. The summed E-state index contributed by atoms with van der Waals surface area (Å²) in [5.41, 5.74) is 3.77. The number of allylic oxidation sites excluding steroid dienone is 2. The fraction of sp³-hybridized carbons (Fsp3) is 0.143. The molecule has 0 saturated carbocycles. The maximum absolute atomic E-state index is 9.75. The Labute approximate surface area is 199 Å². The van der Waals surface area contributed by atoms with Gasteiger partial charge in [0.1, 0.15) is 23.0 Å². The zero-order chi connectivity index (χ0) is 24.5. The van der Waals surface area contributed by atoms with Gasteiger partial charge in [0.15, 0.2) is 0 Å². The van der Waals surface area contributed by atoms with Gasteiger partial charge >= 0.3 is 0 Å². The summed E-state index contributed by atoms with van der Waals surface area (Å²) < 4.78 is 21.6. The molecule has 0 aliphatic heterocycles. The van der Waals surface area contributed by atoms with Crippen molar-refractivity contribution in [3.8, 4) is 35.1 Å². The molecule has 0 radical (unpaired) electrons. The van der Waals surface area contributed by atoms with E-state index in [0.29, 0.717) is 45.3 Å². The summed E-state index contributed by atoms with van der Waals surface area (Å²) in [4.78, 5) is 0. The molecule has 0 fully saturated rings. The lowest BCUT2D eigenvalue weighted by Gasteiger charge is -2.12. The van der Waals surface area contributed by atoms with E-state index < -0.39 is 0 Å². The molecule has 0 aromatic heterocycles. The normalized spacial score (nSPS) is 11.2. The van der Waals surface area contributed by atoms with Gasteiger partial charge in [-0.25, -0.2) is 0 Å². The van der Waals surface area contributed by atoms with E-state index in [1.54, 1.807) is 77.0 Å². The number of nitriles is 2. The Kier molecular flexibility index (Phi) is 7.94. The van der Waals surface area contributed by atoms with E-state index in [-0.39, 0.29) is 0 Å². The molecule has 0 saturated heterocycles. The predicted octanol–water partition coefficient (Wildman–Crippen LogP) is 5.85. The first-order valence-corrected chi connectivity index (χ1v) is 10.3. The van der Waals surface area contributed by atoms with Crippen LogP contribution in [0.2, 0.25) is 0 Å². The van der Waals surface area contributed by atoms with Gasteiger partial charge in [-0.2, -0.15) is 10.5 Å². The van der Waals surface area contributed by atoms with E-state index in [1.165, 1.54) is 0 Å². The Morgan fingerprint density at radius 3 is 1.21 bits per heavy atom. The van der Waals surface area contributed by atoms with Crippen LogP contribution in [0, 0.1) is 22.7 Å². The number of rotatable bonds is 8. The van der Waals surface area contributed by atoms with Gasteiger partial charge in [-0.05, 0) is 83.9 Å². The second kappa shape index (κ2) is 11.3. The van der Waals surface area contributed by atoms with Crippen molar-refractivity contribution in [2.45, 2.75) is 0 Å². The van der Waals surface area contributed by atoms with E-state index in [4.69, 9.17) is 18.9 Å². The van der Waals surface area contributed by atoms with Crippen LogP contribution in [-0.4, -0.2) is 28.4 Å². The molecule has 0 bridgehead atoms. The molecule has 34 heavy (non-hydrogen) atoms. The summed E-state index contributed by atoms with van der Waals surface area (Å²) in [6.45, 7) is 0. The molecule has 0 amide bonds. The van der Waals surface area contributed by atoms with Gasteiger partial charge in [-0.3, -0.25) is 0 Å². The number of hydrogen-bond acceptors (Lipinski definition) is 6. The maximum Gasteiger partial charge on any atom is 0.126 e. The summed E-state index contributed by atoms with van der Waals surface area (Å²) >= 11 is 0. The van der Waals surface area contributed by atoms with Crippen LogP contribution < -0.4 is 18.9 Å². The second-order valence-corrected chi connectivity index (χ2v) is 7.13. The highest BCUT2D eigenvalue weighted by Gasteiger charge is 2.12. The Bertz CT molecular complexity index is 1190. The summed E-state index contributed by atoms with van der Waals surface area (Å²) in [6, 6.07) is 22.5. The lowest BCUT2D eigenvalue weighted by atomic mass is 9.99. The molecule has 0 unspecified atom stereocenters. The predicted molar refractivity (Wildman–Crippen MR) is 133 cm³/mol. The lowest BCUT2D eigenvalue weighted by molar-refractivity contribution is 0.401. The molecule has 3 aromatic carbocycles. The minimum Gasteiger partial charge on any atom is -0.497 e. The molecule has 0 aliphatic rings. The minimum atomic E-state index is 0.460. The minimum absolute atomic E-state index is 0.460. The largest absolute Gasteiger partial charge is 0.497 e. The van der Waals surface area contributed by atoms with Crippen LogP contribution in [0.1, 0.15) is 22.3 Å². The highest BCUT2D eigenvalue weighted by molar-refractivity contribution is 5.93. The van der Waals surface area contributed by atoms with Crippen molar-refractivity contribution in [1.29, 1.82) is 10.5 Å². The van der Waals surface area contributed by atoms with E-state index in [9.17, 15) is 10.5 Å². The maximum atomic E-state index is 9.75. The Hall–Kier alpha value is -4.68. The van der Waals surface area contributed by atoms with Crippen LogP contribution in [0.5, 0.6) is 23.0 Å². The molecule has 0 spiro atoms. The highest BCUT2D eigenvalue weighted by atomic mass is 16.5. The summed E-state index contributed by atoms with van der Waals surface area (Å²) in [5, 5.41) is 19.5. The molecule has 170 valence electrons. The number of nitrogens with zero attached hydrogens (tertiary/aromatic N) is 2. The summed E-state index contributed by atoms with van der Waals surface area (Å²) in [6.07, 6.45) is 3.48. The van der Waals surface area contributed by atoms with E-state index in [0.717, 1.165) is 11.1 Å². The van der Waals surface area contributed by atoms with E-state index >= 15 is 0 Å². The van der Waals surface area contributed by atoms with Gasteiger partial charge in [0.05, 0.1) is 51.7 Å². The van der Waals surface area contributed by atoms with Gasteiger partial charge < -0.3 is 18.9 Å². The molecular formula is C28H24N2O4. The second-order valence-electron chi connectivity index (χ2n) is 7.13. The number of benzene rings is 3. The van der Waals surface area contributed by atoms with Crippen molar-refractivity contribution in [2.75, 3.05) is 28.4 Å². The van der Waals surface area contributed by atoms with Crippen LogP contribution in [-0.2, 0) is 0 Å². The third-order valence-corrected chi connectivity index (χ3v) is 5.22. The number of methoxy groups -OCH3 is 4. The summed E-state index contributed by atoms with van der Waals surface area (Å²) in [7, 11) is 6.30. The first kappa shape index (κ1) is 24.0. The quantitative estimate of drug-likeness (QED) is 0.315. The molecule has 0 heterocycles. The third-order valence-electron chi connectivity index (χ3n) is 5.22. The SMILES string of the molecule is COc1ccc(/C(C#N)=C/c2cc(OC)c(/C=C(/C#N)c3ccc(OC)cc3)cc2OC)cc1. The van der Waals surface area contributed by atoms with Crippen LogP contribution in [0.15, 0.2) is 60.7 Å². The highest BCUT2D eigenvalue weighted by Crippen LogP contribution is 2.34. The third kappa shape index (κ3) is 5.38. The first-order chi connectivity index (χ1) is 16.6. The monoisotopic (exact) mass is 452 g/mol. The Morgan fingerprint density at radius 2 is 0.941 bits per heavy atom. The average Bonchev–Trinajstić information content (AvgIpc) is 2.90.